The van der Waals surface area contributed by atoms with E-state index in [1.165, 1.54) is 5.56 Å². The predicted octanol–water partition coefficient (Wildman–Crippen LogP) is 3.40. The van der Waals surface area contributed by atoms with Crippen molar-refractivity contribution in [2.75, 3.05) is 5.32 Å². The Bertz CT molecular complexity index is 624. The van der Waals surface area contributed by atoms with Gasteiger partial charge in [-0.2, -0.15) is 0 Å². The number of ether oxygens (including phenoxy) is 1. The highest BCUT2D eigenvalue weighted by molar-refractivity contribution is 5.90. The number of benzene rings is 1. The quantitative estimate of drug-likeness (QED) is 0.687. The summed E-state index contributed by atoms with van der Waals surface area (Å²) in [5.74, 6) is -0.294. The fraction of sp³-hybridized carbons (Fsp3) is 0.444. The van der Waals surface area contributed by atoms with Crippen LogP contribution in [0.3, 0.4) is 0 Å². The molecule has 0 aromatic heterocycles. The van der Waals surface area contributed by atoms with Gasteiger partial charge in [0.15, 0.2) is 0 Å². The lowest BCUT2D eigenvalue weighted by molar-refractivity contribution is -0.148. The largest absolute Gasteiger partial charge is 0.457 e. The first-order chi connectivity index (χ1) is 10.3. The third-order valence-corrected chi connectivity index (χ3v) is 3.37. The lowest BCUT2D eigenvalue weighted by atomic mass is 10.1. The van der Waals surface area contributed by atoms with Crippen molar-refractivity contribution in [2.24, 2.45) is 0 Å². The van der Waals surface area contributed by atoms with E-state index in [2.05, 4.69) is 5.32 Å². The van der Waals surface area contributed by atoms with Gasteiger partial charge in [0.25, 0.3) is 0 Å². The second kappa shape index (κ2) is 6.34. The van der Waals surface area contributed by atoms with Gasteiger partial charge in [0.05, 0.1) is 0 Å². The normalized spacial score (nSPS) is 15.5. The molecule has 22 heavy (non-hydrogen) atoms. The molecule has 0 atom stereocenters. The van der Waals surface area contributed by atoms with Crippen molar-refractivity contribution in [3.8, 4) is 0 Å². The van der Waals surface area contributed by atoms with Crippen LogP contribution in [-0.2, 0) is 27.2 Å². The summed E-state index contributed by atoms with van der Waals surface area (Å²) in [6.45, 7) is 7.39. The van der Waals surface area contributed by atoms with Crippen LogP contribution in [0.1, 0.15) is 45.2 Å². The van der Waals surface area contributed by atoms with Crippen molar-refractivity contribution >= 4 is 17.6 Å². The number of amides is 1. The summed E-state index contributed by atoms with van der Waals surface area (Å²) in [4.78, 5) is 23.3. The van der Waals surface area contributed by atoms with Crippen LogP contribution in [0, 0.1) is 0 Å². The lowest BCUT2D eigenvalue weighted by Crippen LogP contribution is -2.22. The minimum absolute atomic E-state index is 0.00228. The number of nitrogens with one attached hydrogen (secondary N) is 1. The van der Waals surface area contributed by atoms with E-state index in [4.69, 9.17) is 4.74 Å². The van der Waals surface area contributed by atoms with Crippen LogP contribution in [-0.4, -0.2) is 17.5 Å². The fourth-order valence-electron chi connectivity index (χ4n) is 2.44. The van der Waals surface area contributed by atoms with E-state index in [1.807, 2.05) is 45.9 Å². The topological polar surface area (TPSA) is 55.4 Å². The third-order valence-electron chi connectivity index (χ3n) is 3.37. The highest BCUT2D eigenvalue weighted by atomic mass is 16.6. The second-order valence-corrected chi connectivity index (χ2v) is 6.57. The van der Waals surface area contributed by atoms with Crippen molar-refractivity contribution in [3.05, 3.63) is 41.0 Å². The number of anilines is 1. The number of carbonyl (C=O) groups excluding carboxylic acids is 2. The number of carbonyl (C=O) groups is 2. The summed E-state index contributed by atoms with van der Waals surface area (Å²) in [5, 5.41) is 2.86. The number of hydrogen-bond acceptors (Lipinski definition) is 3. The van der Waals surface area contributed by atoms with Crippen molar-refractivity contribution in [1.29, 1.82) is 0 Å². The molecule has 1 amide bonds. The number of esters is 1. The molecule has 1 aliphatic carbocycles. The van der Waals surface area contributed by atoms with Gasteiger partial charge in [0, 0.05) is 18.2 Å². The maximum atomic E-state index is 11.9. The molecule has 0 unspecified atom stereocenters. The summed E-state index contributed by atoms with van der Waals surface area (Å²) in [7, 11) is 0. The number of allylic oxidation sites excluding steroid dienone is 1. The molecule has 1 N–H and O–H groups in total. The van der Waals surface area contributed by atoms with Crippen molar-refractivity contribution < 1.29 is 14.3 Å². The SMILES string of the molecule is CCC(=O)Nc1ccc2c(c1)CC(=CC(=O)OC(C)(C)C)C2. The molecule has 1 aromatic carbocycles. The highest BCUT2D eigenvalue weighted by Gasteiger charge is 2.19. The van der Waals surface area contributed by atoms with Crippen LogP contribution in [0.2, 0.25) is 0 Å². The maximum absolute atomic E-state index is 11.9. The molecule has 0 radical (unpaired) electrons. The second-order valence-electron chi connectivity index (χ2n) is 6.57. The van der Waals surface area contributed by atoms with Crippen molar-refractivity contribution in [3.63, 3.8) is 0 Å². The molecule has 0 saturated carbocycles. The Kier molecular flexibility index (Phi) is 4.69. The van der Waals surface area contributed by atoms with Gasteiger partial charge in [-0.15, -0.1) is 0 Å². The zero-order valence-corrected chi connectivity index (χ0v) is 13.7. The third kappa shape index (κ3) is 4.45. The zero-order chi connectivity index (χ0) is 16.3. The minimum atomic E-state index is -0.475. The first kappa shape index (κ1) is 16.3. The highest BCUT2D eigenvalue weighted by Crippen LogP contribution is 2.29. The van der Waals surface area contributed by atoms with Gasteiger partial charge in [-0.25, -0.2) is 4.79 Å². The molecule has 0 heterocycles. The average Bonchev–Trinajstić information content (AvgIpc) is 2.77. The molecule has 0 saturated heterocycles. The molecule has 2 rings (SSSR count). The van der Waals surface area contributed by atoms with E-state index < -0.39 is 5.60 Å². The Morgan fingerprint density at radius 3 is 2.55 bits per heavy atom. The zero-order valence-electron chi connectivity index (χ0n) is 13.7. The first-order valence-electron chi connectivity index (χ1n) is 7.61. The van der Waals surface area contributed by atoms with Gasteiger partial charge in [-0.05, 0) is 56.9 Å². The molecule has 0 aliphatic heterocycles. The molecule has 1 aliphatic rings. The molecular weight excluding hydrogens is 278 g/mol. The number of rotatable bonds is 3. The molecule has 4 nitrogen and oxygen atoms in total. The van der Waals surface area contributed by atoms with Crippen LogP contribution in [0.15, 0.2) is 29.8 Å². The van der Waals surface area contributed by atoms with E-state index in [1.54, 1.807) is 6.08 Å². The van der Waals surface area contributed by atoms with E-state index in [9.17, 15) is 9.59 Å². The smallest absolute Gasteiger partial charge is 0.331 e. The van der Waals surface area contributed by atoms with Crippen LogP contribution >= 0.6 is 0 Å². The molecular formula is C18H23NO3. The van der Waals surface area contributed by atoms with Gasteiger partial charge in [-0.3, -0.25) is 4.79 Å². The lowest BCUT2D eigenvalue weighted by Gasteiger charge is -2.18. The van der Waals surface area contributed by atoms with E-state index in [-0.39, 0.29) is 11.9 Å². The van der Waals surface area contributed by atoms with Gasteiger partial charge in [0.1, 0.15) is 5.60 Å². The van der Waals surface area contributed by atoms with E-state index >= 15 is 0 Å². The van der Waals surface area contributed by atoms with Crippen LogP contribution < -0.4 is 5.32 Å². The Balaban J connectivity index is 2.07. The summed E-state index contributed by atoms with van der Waals surface area (Å²) >= 11 is 0. The molecule has 0 spiro atoms. The van der Waals surface area contributed by atoms with Gasteiger partial charge < -0.3 is 10.1 Å². The molecule has 1 aromatic rings. The van der Waals surface area contributed by atoms with Crippen LogP contribution in [0.25, 0.3) is 0 Å². The monoisotopic (exact) mass is 301 g/mol. The van der Waals surface area contributed by atoms with Crippen molar-refractivity contribution in [2.45, 2.75) is 52.6 Å². The van der Waals surface area contributed by atoms with Crippen LogP contribution in [0.4, 0.5) is 5.69 Å². The summed E-state index contributed by atoms with van der Waals surface area (Å²) in [5.41, 5.74) is 3.73. The Morgan fingerprint density at radius 1 is 1.23 bits per heavy atom. The summed E-state index contributed by atoms with van der Waals surface area (Å²) < 4.78 is 5.32. The first-order valence-corrected chi connectivity index (χ1v) is 7.61. The summed E-state index contributed by atoms with van der Waals surface area (Å²) in [6, 6.07) is 5.90. The molecule has 0 bridgehead atoms. The Labute approximate surface area is 131 Å². The standard InChI is InChI=1S/C18H23NO3/c1-5-16(20)19-15-7-6-13-8-12(9-14(13)11-15)10-17(21)22-18(2,3)4/h6-7,10-11H,5,8-9H2,1-4H3,(H,19,20). The maximum Gasteiger partial charge on any atom is 0.331 e. The average molecular weight is 301 g/mol. The van der Waals surface area contributed by atoms with Crippen molar-refractivity contribution in [1.82, 2.24) is 0 Å². The minimum Gasteiger partial charge on any atom is -0.457 e. The summed E-state index contributed by atoms with van der Waals surface area (Å²) in [6.07, 6.45) is 3.54. The van der Waals surface area contributed by atoms with Crippen LogP contribution in [0.5, 0.6) is 0 Å². The number of hydrogen-bond donors (Lipinski definition) is 1. The van der Waals surface area contributed by atoms with Gasteiger partial charge in [-0.1, -0.05) is 18.6 Å². The van der Waals surface area contributed by atoms with Gasteiger partial charge in [0.2, 0.25) is 5.91 Å². The number of fused-ring (bicyclic) bond motifs is 1. The molecule has 4 heteroatoms. The van der Waals surface area contributed by atoms with E-state index in [0.29, 0.717) is 6.42 Å². The van der Waals surface area contributed by atoms with Gasteiger partial charge >= 0.3 is 5.97 Å². The Morgan fingerprint density at radius 2 is 1.91 bits per heavy atom. The van der Waals surface area contributed by atoms with E-state index in [0.717, 1.165) is 29.7 Å². The fourth-order valence-corrected chi connectivity index (χ4v) is 2.44. The predicted molar refractivity (Wildman–Crippen MR) is 86.7 cm³/mol. The molecule has 118 valence electrons. The Hall–Kier alpha value is -2.10. The molecule has 0 fully saturated rings.